The van der Waals surface area contributed by atoms with Crippen LogP contribution in [0.5, 0.6) is 0 Å². The van der Waals surface area contributed by atoms with Crippen molar-refractivity contribution in [3.05, 3.63) is 119 Å². The molecule has 0 fully saturated rings. The van der Waals surface area contributed by atoms with Crippen LogP contribution in [0.25, 0.3) is 0 Å². The van der Waals surface area contributed by atoms with Crippen LogP contribution in [0.15, 0.2) is 103 Å². The SMILES string of the molecule is CC(=O)O[C@H](CC1C=C(CCOC(c2ccccc2)c2ccccc2)CCN1)c1ccccc1. The Labute approximate surface area is 202 Å². The van der Waals surface area contributed by atoms with Gasteiger partial charge in [-0.1, -0.05) is 103 Å². The number of carbonyl (C=O) groups is 1. The maximum Gasteiger partial charge on any atom is 0.303 e. The summed E-state index contributed by atoms with van der Waals surface area (Å²) in [7, 11) is 0. The van der Waals surface area contributed by atoms with E-state index in [1.54, 1.807) is 0 Å². The van der Waals surface area contributed by atoms with Crippen LogP contribution in [0.4, 0.5) is 0 Å². The molecule has 0 amide bonds. The maximum atomic E-state index is 11.7. The molecular weight excluding hydrogens is 422 g/mol. The fourth-order valence-corrected chi connectivity index (χ4v) is 4.50. The van der Waals surface area contributed by atoms with Crippen LogP contribution in [-0.4, -0.2) is 25.2 Å². The Morgan fingerprint density at radius 3 is 2.00 bits per heavy atom. The molecule has 1 aliphatic heterocycles. The second-order valence-electron chi connectivity index (χ2n) is 8.70. The van der Waals surface area contributed by atoms with Gasteiger partial charge in [0.1, 0.15) is 12.2 Å². The number of benzene rings is 3. The van der Waals surface area contributed by atoms with E-state index >= 15 is 0 Å². The Balaban J connectivity index is 1.39. The largest absolute Gasteiger partial charge is 0.458 e. The summed E-state index contributed by atoms with van der Waals surface area (Å²) >= 11 is 0. The Bertz CT molecular complexity index is 1010. The molecule has 0 aliphatic carbocycles. The van der Waals surface area contributed by atoms with Crippen LogP contribution in [0, 0.1) is 0 Å². The Kier molecular flexibility index (Phi) is 8.66. The smallest absolute Gasteiger partial charge is 0.303 e. The maximum absolute atomic E-state index is 11.7. The molecule has 4 heteroatoms. The van der Waals surface area contributed by atoms with Crippen LogP contribution in [0.1, 0.15) is 55.1 Å². The zero-order chi connectivity index (χ0) is 23.6. The minimum Gasteiger partial charge on any atom is -0.458 e. The third kappa shape index (κ3) is 6.89. The van der Waals surface area contributed by atoms with Crippen molar-refractivity contribution in [2.75, 3.05) is 13.2 Å². The van der Waals surface area contributed by atoms with Crippen molar-refractivity contribution in [3.63, 3.8) is 0 Å². The molecule has 3 aromatic carbocycles. The molecule has 1 N–H and O–H groups in total. The van der Waals surface area contributed by atoms with Crippen LogP contribution in [-0.2, 0) is 14.3 Å². The molecule has 0 radical (unpaired) electrons. The van der Waals surface area contributed by atoms with E-state index in [0.29, 0.717) is 13.0 Å². The average Bonchev–Trinajstić information content (AvgIpc) is 2.88. The molecule has 0 bridgehead atoms. The molecule has 34 heavy (non-hydrogen) atoms. The van der Waals surface area contributed by atoms with Crippen molar-refractivity contribution >= 4 is 5.97 Å². The lowest BCUT2D eigenvalue weighted by Gasteiger charge is -2.27. The average molecular weight is 456 g/mol. The van der Waals surface area contributed by atoms with Gasteiger partial charge in [-0.25, -0.2) is 0 Å². The van der Waals surface area contributed by atoms with Gasteiger partial charge in [0.25, 0.3) is 0 Å². The van der Waals surface area contributed by atoms with Crippen molar-refractivity contribution in [1.82, 2.24) is 5.32 Å². The molecule has 4 rings (SSSR count). The summed E-state index contributed by atoms with van der Waals surface area (Å²) in [5.74, 6) is -0.255. The molecule has 1 heterocycles. The predicted molar refractivity (Wildman–Crippen MR) is 135 cm³/mol. The minimum absolute atomic E-state index is 0.0769. The highest BCUT2D eigenvalue weighted by Crippen LogP contribution is 2.28. The molecular formula is C30H33NO3. The normalized spacial score (nSPS) is 16.6. The number of nitrogens with one attached hydrogen (secondary N) is 1. The zero-order valence-electron chi connectivity index (χ0n) is 19.7. The van der Waals surface area contributed by atoms with E-state index in [1.165, 1.54) is 12.5 Å². The molecule has 2 atom stereocenters. The fraction of sp³-hybridized carbons (Fsp3) is 0.300. The summed E-state index contributed by atoms with van der Waals surface area (Å²) in [5.41, 5.74) is 4.74. The van der Waals surface area contributed by atoms with Gasteiger partial charge in [-0.3, -0.25) is 4.79 Å². The Hall–Kier alpha value is -3.21. The molecule has 0 saturated heterocycles. The highest BCUT2D eigenvalue weighted by atomic mass is 16.5. The van der Waals surface area contributed by atoms with E-state index in [4.69, 9.17) is 9.47 Å². The summed E-state index contributed by atoms with van der Waals surface area (Å²) in [6.07, 6.45) is 4.56. The number of carbonyl (C=O) groups excluding carboxylic acids is 1. The summed E-state index contributed by atoms with van der Waals surface area (Å²) in [5, 5.41) is 3.56. The standard InChI is InChI=1S/C30H33NO3/c1-23(32)34-29(25-11-5-2-6-12-25)22-28-21-24(17-19-31-28)18-20-33-30(26-13-7-3-8-14-26)27-15-9-4-10-16-27/h2-16,21,28-31H,17-20,22H2,1H3/t28?,29-/m1/s1. The summed E-state index contributed by atoms with van der Waals surface area (Å²) in [4.78, 5) is 11.7. The van der Waals surface area contributed by atoms with Gasteiger partial charge in [-0.05, 0) is 36.1 Å². The quantitative estimate of drug-likeness (QED) is 0.294. The number of rotatable bonds is 10. The van der Waals surface area contributed by atoms with Crippen LogP contribution >= 0.6 is 0 Å². The van der Waals surface area contributed by atoms with E-state index in [2.05, 4.69) is 59.9 Å². The van der Waals surface area contributed by atoms with Crippen LogP contribution in [0.2, 0.25) is 0 Å². The predicted octanol–water partition coefficient (Wildman–Crippen LogP) is 6.17. The number of esters is 1. The van der Waals surface area contributed by atoms with Gasteiger partial charge in [0.15, 0.2) is 0 Å². The van der Waals surface area contributed by atoms with E-state index in [1.807, 2.05) is 42.5 Å². The third-order valence-corrected chi connectivity index (χ3v) is 6.15. The highest BCUT2D eigenvalue weighted by Gasteiger charge is 2.22. The van der Waals surface area contributed by atoms with Crippen LogP contribution in [0.3, 0.4) is 0 Å². The van der Waals surface area contributed by atoms with Crippen LogP contribution < -0.4 is 5.32 Å². The summed E-state index contributed by atoms with van der Waals surface area (Å²) in [6.45, 7) is 3.04. The molecule has 4 nitrogen and oxygen atoms in total. The van der Waals surface area contributed by atoms with Gasteiger partial charge >= 0.3 is 5.97 Å². The molecule has 176 valence electrons. The Morgan fingerprint density at radius 1 is 0.882 bits per heavy atom. The van der Waals surface area contributed by atoms with E-state index < -0.39 is 0 Å². The lowest BCUT2D eigenvalue weighted by molar-refractivity contribution is -0.147. The second-order valence-corrected chi connectivity index (χ2v) is 8.70. The van der Waals surface area contributed by atoms with Gasteiger partial charge in [0.05, 0.1) is 6.61 Å². The van der Waals surface area contributed by atoms with E-state index in [0.717, 1.165) is 36.1 Å². The molecule has 3 aromatic rings. The van der Waals surface area contributed by atoms with Crippen molar-refractivity contribution in [2.24, 2.45) is 0 Å². The van der Waals surface area contributed by atoms with Crippen molar-refractivity contribution in [2.45, 2.75) is 44.4 Å². The van der Waals surface area contributed by atoms with Crippen molar-refractivity contribution in [3.8, 4) is 0 Å². The fourth-order valence-electron chi connectivity index (χ4n) is 4.50. The molecule has 0 saturated carbocycles. The zero-order valence-corrected chi connectivity index (χ0v) is 19.7. The van der Waals surface area contributed by atoms with Gasteiger partial charge < -0.3 is 14.8 Å². The van der Waals surface area contributed by atoms with Crippen molar-refractivity contribution < 1.29 is 14.3 Å². The molecule has 1 unspecified atom stereocenters. The second kappa shape index (κ2) is 12.3. The number of hydrogen-bond donors (Lipinski definition) is 1. The van der Waals surface area contributed by atoms with Gasteiger partial charge in [0.2, 0.25) is 0 Å². The van der Waals surface area contributed by atoms with E-state index in [9.17, 15) is 4.79 Å². The summed E-state index contributed by atoms with van der Waals surface area (Å²) in [6, 6.07) is 30.9. The lowest BCUT2D eigenvalue weighted by atomic mass is 9.95. The lowest BCUT2D eigenvalue weighted by Crippen LogP contribution is -2.34. The van der Waals surface area contributed by atoms with Gasteiger partial charge in [-0.15, -0.1) is 0 Å². The van der Waals surface area contributed by atoms with Crippen molar-refractivity contribution in [1.29, 1.82) is 0 Å². The van der Waals surface area contributed by atoms with Gasteiger partial charge in [-0.2, -0.15) is 0 Å². The first-order valence-electron chi connectivity index (χ1n) is 12.1. The Morgan fingerprint density at radius 2 is 1.44 bits per heavy atom. The van der Waals surface area contributed by atoms with E-state index in [-0.39, 0.29) is 24.2 Å². The minimum atomic E-state index is -0.261. The third-order valence-electron chi connectivity index (χ3n) is 6.15. The monoisotopic (exact) mass is 455 g/mol. The summed E-state index contributed by atoms with van der Waals surface area (Å²) < 4.78 is 12.1. The first-order chi connectivity index (χ1) is 16.7. The van der Waals surface area contributed by atoms with Gasteiger partial charge in [0, 0.05) is 19.4 Å². The first kappa shape index (κ1) is 23.9. The molecule has 0 spiro atoms. The number of ether oxygens (including phenoxy) is 2. The highest BCUT2D eigenvalue weighted by molar-refractivity contribution is 5.66. The molecule has 1 aliphatic rings. The topological polar surface area (TPSA) is 47.6 Å². The first-order valence-corrected chi connectivity index (χ1v) is 12.1. The molecule has 0 aromatic heterocycles. The number of hydrogen-bond acceptors (Lipinski definition) is 4.